The maximum atomic E-state index is 13.0. The maximum absolute atomic E-state index is 13.0. The van der Waals surface area contributed by atoms with E-state index in [2.05, 4.69) is 10.3 Å². The van der Waals surface area contributed by atoms with E-state index in [0.29, 0.717) is 11.2 Å². The van der Waals surface area contributed by atoms with Gasteiger partial charge in [0.15, 0.2) is 0 Å². The molecule has 2 N–H and O–H groups in total. The number of carbonyl (C=O) groups is 1. The van der Waals surface area contributed by atoms with Crippen molar-refractivity contribution in [3.8, 4) is 5.75 Å². The van der Waals surface area contributed by atoms with Crippen LogP contribution in [0.2, 0.25) is 0 Å². The largest absolute Gasteiger partial charge is 0.493 e. The second-order valence-corrected chi connectivity index (χ2v) is 6.37. The van der Waals surface area contributed by atoms with Gasteiger partial charge < -0.3 is 15.2 Å². The predicted molar refractivity (Wildman–Crippen MR) is 102 cm³/mol. The molecule has 0 saturated carbocycles. The molecule has 30 heavy (non-hydrogen) atoms. The summed E-state index contributed by atoms with van der Waals surface area (Å²) in [6.45, 7) is -0.713. The maximum Gasteiger partial charge on any atom is 0.419 e. The molecule has 1 amide bonds. The summed E-state index contributed by atoms with van der Waals surface area (Å²) in [6, 6.07) is 8.08. The monoisotopic (exact) mass is 421 g/mol. The first kappa shape index (κ1) is 21.3. The molecule has 3 rings (SSSR count). The van der Waals surface area contributed by atoms with Crippen molar-refractivity contribution in [1.82, 2.24) is 9.38 Å². The summed E-state index contributed by atoms with van der Waals surface area (Å²) in [7, 11) is 0. The van der Waals surface area contributed by atoms with Crippen molar-refractivity contribution >= 4 is 17.1 Å². The van der Waals surface area contributed by atoms with E-state index < -0.39 is 29.8 Å². The first-order valence-corrected chi connectivity index (χ1v) is 8.99. The van der Waals surface area contributed by atoms with Crippen molar-refractivity contribution in [2.75, 3.05) is 18.5 Å². The van der Waals surface area contributed by atoms with E-state index in [-0.39, 0.29) is 30.9 Å². The van der Waals surface area contributed by atoms with E-state index in [4.69, 9.17) is 9.84 Å². The number of aromatic nitrogens is 2. The Morgan fingerprint density at radius 2 is 1.97 bits per heavy atom. The molecule has 0 radical (unpaired) electrons. The van der Waals surface area contributed by atoms with Crippen LogP contribution in [0.3, 0.4) is 0 Å². The third-order valence-electron chi connectivity index (χ3n) is 4.23. The number of alkyl halides is 3. The second kappa shape index (κ2) is 8.95. The van der Waals surface area contributed by atoms with Gasteiger partial charge in [0.1, 0.15) is 18.1 Å². The normalized spacial score (nSPS) is 11.5. The molecular formula is C20H18F3N3O4. The Kier molecular flexibility index (Phi) is 6.36. The van der Waals surface area contributed by atoms with Gasteiger partial charge in [-0.1, -0.05) is 12.1 Å². The summed E-state index contributed by atoms with van der Waals surface area (Å²) in [5.41, 5.74) is -0.227. The Morgan fingerprint density at radius 1 is 1.20 bits per heavy atom. The number of para-hydroxylation sites is 1. The third kappa shape index (κ3) is 4.95. The fraction of sp³-hybridized carbons (Fsp3) is 0.250. The van der Waals surface area contributed by atoms with Crippen LogP contribution in [0.4, 0.5) is 18.9 Å². The molecular weight excluding hydrogens is 403 g/mol. The van der Waals surface area contributed by atoms with E-state index in [1.807, 2.05) is 0 Å². The minimum atomic E-state index is -4.52. The van der Waals surface area contributed by atoms with Crippen LogP contribution in [0.1, 0.15) is 17.7 Å². The van der Waals surface area contributed by atoms with Gasteiger partial charge in [-0.2, -0.15) is 13.2 Å². The zero-order valence-electron chi connectivity index (χ0n) is 15.6. The molecule has 0 bridgehead atoms. The van der Waals surface area contributed by atoms with E-state index in [0.717, 1.165) is 6.07 Å². The quantitative estimate of drug-likeness (QED) is 0.573. The molecule has 0 unspecified atom stereocenters. The highest BCUT2D eigenvalue weighted by atomic mass is 19.4. The Hall–Kier alpha value is -3.40. The molecule has 2 heterocycles. The SMILES string of the molecule is O=C(CO)Nc1ccc2cnc(CCCOc3ccccc3C(F)(F)F)c(=O)n2c1. The Balaban J connectivity index is 1.69. The number of aryl methyl sites for hydroxylation is 1. The standard InChI is InChI=1S/C20H18F3N3O4/c21-20(22,23)15-4-1-2-6-17(15)30-9-3-5-16-19(29)26-11-13(25-18(28)12-27)7-8-14(26)10-24-16/h1-2,4,6-8,10-11,27H,3,5,9,12H2,(H,25,28). The number of amides is 1. The Morgan fingerprint density at radius 3 is 2.70 bits per heavy atom. The van der Waals surface area contributed by atoms with Crippen molar-refractivity contribution in [2.24, 2.45) is 0 Å². The van der Waals surface area contributed by atoms with Gasteiger partial charge in [-0.15, -0.1) is 0 Å². The number of halogens is 3. The minimum Gasteiger partial charge on any atom is -0.493 e. The smallest absolute Gasteiger partial charge is 0.419 e. The zero-order valence-corrected chi connectivity index (χ0v) is 15.6. The molecule has 0 saturated heterocycles. The lowest BCUT2D eigenvalue weighted by molar-refractivity contribution is -0.139. The average molecular weight is 421 g/mol. The summed E-state index contributed by atoms with van der Waals surface area (Å²) in [5.74, 6) is -0.884. The number of nitrogens with zero attached hydrogens (tertiary/aromatic N) is 2. The Labute approximate surface area is 168 Å². The summed E-state index contributed by atoms with van der Waals surface area (Å²) >= 11 is 0. The molecule has 2 aromatic heterocycles. The van der Waals surface area contributed by atoms with Gasteiger partial charge in [-0.25, -0.2) is 0 Å². The Bertz CT molecular complexity index is 1110. The van der Waals surface area contributed by atoms with Crippen LogP contribution in [0.5, 0.6) is 5.75 Å². The lowest BCUT2D eigenvalue weighted by atomic mass is 10.2. The number of pyridine rings is 1. The molecule has 0 aliphatic heterocycles. The van der Waals surface area contributed by atoms with E-state index in [1.165, 1.54) is 35.0 Å². The van der Waals surface area contributed by atoms with Gasteiger partial charge in [0, 0.05) is 6.20 Å². The summed E-state index contributed by atoms with van der Waals surface area (Å²) in [6.07, 6.45) is -1.15. The molecule has 0 fully saturated rings. The van der Waals surface area contributed by atoms with Crippen molar-refractivity contribution in [2.45, 2.75) is 19.0 Å². The number of fused-ring (bicyclic) bond motifs is 1. The molecule has 7 nitrogen and oxygen atoms in total. The minimum absolute atomic E-state index is 0.0243. The molecule has 1 aromatic carbocycles. The summed E-state index contributed by atoms with van der Waals surface area (Å²) in [4.78, 5) is 28.1. The van der Waals surface area contributed by atoms with E-state index in [1.54, 1.807) is 12.1 Å². The lowest BCUT2D eigenvalue weighted by Crippen LogP contribution is -2.22. The number of benzene rings is 1. The van der Waals surface area contributed by atoms with E-state index in [9.17, 15) is 22.8 Å². The van der Waals surface area contributed by atoms with Crippen molar-refractivity contribution in [3.05, 3.63) is 70.4 Å². The fourth-order valence-corrected chi connectivity index (χ4v) is 2.83. The first-order valence-electron chi connectivity index (χ1n) is 8.99. The molecule has 158 valence electrons. The van der Waals surface area contributed by atoms with Gasteiger partial charge in [-0.05, 0) is 37.1 Å². The molecule has 0 spiro atoms. The number of rotatable bonds is 7. The van der Waals surface area contributed by atoms with Gasteiger partial charge >= 0.3 is 6.18 Å². The summed E-state index contributed by atoms with van der Waals surface area (Å²) in [5, 5.41) is 11.2. The zero-order chi connectivity index (χ0) is 21.7. The molecule has 3 aromatic rings. The van der Waals surface area contributed by atoms with Crippen LogP contribution in [0.15, 0.2) is 53.6 Å². The van der Waals surface area contributed by atoms with Gasteiger partial charge in [0.05, 0.1) is 29.6 Å². The highest BCUT2D eigenvalue weighted by Gasteiger charge is 2.33. The van der Waals surface area contributed by atoms with Gasteiger partial charge in [0.25, 0.3) is 5.56 Å². The van der Waals surface area contributed by atoms with E-state index >= 15 is 0 Å². The molecule has 0 aliphatic carbocycles. The highest BCUT2D eigenvalue weighted by molar-refractivity contribution is 5.91. The number of anilines is 1. The number of hydrogen-bond acceptors (Lipinski definition) is 5. The van der Waals surface area contributed by atoms with Crippen LogP contribution >= 0.6 is 0 Å². The second-order valence-electron chi connectivity index (χ2n) is 6.37. The number of aliphatic hydroxyl groups is 1. The molecule has 0 atom stereocenters. The average Bonchev–Trinajstić information content (AvgIpc) is 2.72. The summed E-state index contributed by atoms with van der Waals surface area (Å²) < 4.78 is 45.5. The van der Waals surface area contributed by atoms with Crippen LogP contribution < -0.4 is 15.6 Å². The van der Waals surface area contributed by atoms with Crippen molar-refractivity contribution < 1.29 is 27.8 Å². The molecule has 10 heteroatoms. The van der Waals surface area contributed by atoms with Crippen LogP contribution in [0.25, 0.3) is 5.52 Å². The number of ether oxygens (including phenoxy) is 1. The number of carbonyl (C=O) groups excluding carboxylic acids is 1. The topological polar surface area (TPSA) is 92.9 Å². The lowest BCUT2D eigenvalue weighted by Gasteiger charge is -2.13. The first-order chi connectivity index (χ1) is 14.3. The fourth-order valence-electron chi connectivity index (χ4n) is 2.83. The number of aliphatic hydroxyl groups excluding tert-OH is 1. The third-order valence-corrected chi connectivity index (χ3v) is 4.23. The van der Waals surface area contributed by atoms with Crippen molar-refractivity contribution in [3.63, 3.8) is 0 Å². The number of nitrogens with one attached hydrogen (secondary N) is 1. The van der Waals surface area contributed by atoms with Crippen LogP contribution in [-0.2, 0) is 17.4 Å². The molecule has 0 aliphatic rings. The van der Waals surface area contributed by atoms with Crippen molar-refractivity contribution in [1.29, 1.82) is 0 Å². The van der Waals surface area contributed by atoms with Crippen LogP contribution in [-0.4, -0.2) is 33.6 Å². The van der Waals surface area contributed by atoms with Crippen LogP contribution in [0, 0.1) is 0 Å². The van der Waals surface area contributed by atoms with Gasteiger partial charge in [-0.3, -0.25) is 19.0 Å². The highest BCUT2D eigenvalue weighted by Crippen LogP contribution is 2.35. The predicted octanol–water partition coefficient (Wildman–Crippen LogP) is 2.66. The number of hydrogen-bond donors (Lipinski definition) is 2. The van der Waals surface area contributed by atoms with Gasteiger partial charge in [0.2, 0.25) is 5.91 Å².